The molecule has 15 heavy (non-hydrogen) atoms. The van der Waals surface area contributed by atoms with E-state index in [4.69, 9.17) is 0 Å². The molecule has 2 atom stereocenters. The predicted octanol–water partition coefficient (Wildman–Crippen LogP) is 4.55. The zero-order chi connectivity index (χ0) is 10.3. The quantitative estimate of drug-likeness (QED) is 0.576. The Morgan fingerprint density at radius 2 is 1.73 bits per heavy atom. The first-order valence-electron chi connectivity index (χ1n) is 5.80. The maximum Gasteiger partial charge on any atom is 0.0180 e. The van der Waals surface area contributed by atoms with Gasteiger partial charge in [-0.05, 0) is 63.5 Å². The van der Waals surface area contributed by atoms with Crippen LogP contribution in [0.1, 0.15) is 25.7 Å². The third-order valence-corrected chi connectivity index (χ3v) is 4.75. The van der Waals surface area contributed by atoms with E-state index in [9.17, 15) is 0 Å². The van der Waals surface area contributed by atoms with Gasteiger partial charge in [-0.25, -0.2) is 0 Å². The molecule has 0 aliphatic heterocycles. The largest absolute Gasteiger partial charge is 0.0764 e. The monoisotopic (exact) mass is 310 g/mol. The Morgan fingerprint density at radius 1 is 1.00 bits per heavy atom. The molecule has 0 radical (unpaired) electrons. The summed E-state index contributed by atoms with van der Waals surface area (Å²) in [5.41, 5.74) is 3.37. The van der Waals surface area contributed by atoms with Crippen molar-refractivity contribution in [2.24, 2.45) is 11.8 Å². The van der Waals surface area contributed by atoms with E-state index in [0.29, 0.717) is 11.8 Å². The SMILES string of the molecule is IC1=CC2=C(CCCC2)C2C=CC=CC12. The third-order valence-electron chi connectivity index (χ3n) is 3.72. The summed E-state index contributed by atoms with van der Waals surface area (Å²) in [6, 6.07) is 0. The van der Waals surface area contributed by atoms with Crippen LogP contribution >= 0.6 is 22.6 Å². The van der Waals surface area contributed by atoms with Crippen molar-refractivity contribution in [1.82, 2.24) is 0 Å². The summed E-state index contributed by atoms with van der Waals surface area (Å²) >= 11 is 2.52. The van der Waals surface area contributed by atoms with Crippen molar-refractivity contribution in [3.05, 3.63) is 45.1 Å². The molecule has 0 saturated heterocycles. The van der Waals surface area contributed by atoms with Crippen LogP contribution in [-0.4, -0.2) is 0 Å². The zero-order valence-corrected chi connectivity index (χ0v) is 10.9. The highest BCUT2D eigenvalue weighted by molar-refractivity contribution is 14.1. The minimum atomic E-state index is 0.646. The lowest BCUT2D eigenvalue weighted by atomic mass is 9.72. The molecule has 0 spiro atoms. The van der Waals surface area contributed by atoms with Gasteiger partial charge in [-0.1, -0.05) is 29.9 Å². The molecule has 1 heteroatoms. The molecule has 78 valence electrons. The van der Waals surface area contributed by atoms with Crippen LogP contribution < -0.4 is 0 Å². The Morgan fingerprint density at radius 3 is 2.60 bits per heavy atom. The van der Waals surface area contributed by atoms with Crippen molar-refractivity contribution in [2.45, 2.75) is 25.7 Å². The van der Waals surface area contributed by atoms with Crippen LogP contribution in [0.4, 0.5) is 0 Å². The minimum absolute atomic E-state index is 0.646. The van der Waals surface area contributed by atoms with Crippen molar-refractivity contribution >= 4 is 22.6 Å². The summed E-state index contributed by atoms with van der Waals surface area (Å²) in [5, 5.41) is 0. The van der Waals surface area contributed by atoms with Crippen molar-refractivity contribution in [2.75, 3.05) is 0 Å². The Hall–Kier alpha value is -0.310. The van der Waals surface area contributed by atoms with Gasteiger partial charge in [0.2, 0.25) is 0 Å². The highest BCUT2D eigenvalue weighted by Gasteiger charge is 2.30. The normalized spacial score (nSPS) is 33.5. The minimum Gasteiger partial charge on any atom is -0.0764 e. The Balaban J connectivity index is 2.05. The van der Waals surface area contributed by atoms with Crippen LogP contribution in [0.3, 0.4) is 0 Å². The van der Waals surface area contributed by atoms with E-state index < -0.39 is 0 Å². The molecule has 0 aromatic heterocycles. The summed E-state index contributed by atoms with van der Waals surface area (Å²) in [5.74, 6) is 1.33. The van der Waals surface area contributed by atoms with Gasteiger partial charge in [0.25, 0.3) is 0 Å². The zero-order valence-electron chi connectivity index (χ0n) is 8.75. The molecule has 0 amide bonds. The molecule has 0 bridgehead atoms. The summed E-state index contributed by atoms with van der Waals surface area (Å²) < 4.78 is 1.53. The molecule has 3 rings (SSSR count). The van der Waals surface area contributed by atoms with Gasteiger partial charge in [-0.3, -0.25) is 0 Å². The molecule has 3 aliphatic rings. The Labute approximate surface area is 105 Å². The molecule has 0 N–H and O–H groups in total. The van der Waals surface area contributed by atoms with Crippen LogP contribution in [0, 0.1) is 11.8 Å². The molecule has 2 unspecified atom stereocenters. The first-order valence-corrected chi connectivity index (χ1v) is 6.88. The number of fused-ring (bicyclic) bond motifs is 2. The average Bonchev–Trinajstić information content (AvgIpc) is 2.30. The lowest BCUT2D eigenvalue weighted by Gasteiger charge is -2.34. The smallest absolute Gasteiger partial charge is 0.0180 e. The molecular formula is C14H15I. The predicted molar refractivity (Wildman–Crippen MR) is 72.9 cm³/mol. The first kappa shape index (κ1) is 9.88. The van der Waals surface area contributed by atoms with Gasteiger partial charge in [0, 0.05) is 11.8 Å². The van der Waals surface area contributed by atoms with Gasteiger partial charge in [-0.15, -0.1) is 0 Å². The first-order chi connectivity index (χ1) is 7.36. The molecule has 0 aromatic carbocycles. The summed E-state index contributed by atoms with van der Waals surface area (Å²) in [7, 11) is 0. The van der Waals surface area contributed by atoms with Crippen LogP contribution in [-0.2, 0) is 0 Å². The van der Waals surface area contributed by atoms with E-state index in [1.165, 1.54) is 29.3 Å². The van der Waals surface area contributed by atoms with Crippen molar-refractivity contribution in [1.29, 1.82) is 0 Å². The van der Waals surface area contributed by atoms with Crippen molar-refractivity contribution in [3.63, 3.8) is 0 Å². The fourth-order valence-corrected chi connectivity index (χ4v) is 3.93. The third kappa shape index (κ3) is 1.65. The Kier molecular flexibility index (Phi) is 2.59. The van der Waals surface area contributed by atoms with E-state index in [1.54, 1.807) is 11.1 Å². The molecule has 0 heterocycles. The van der Waals surface area contributed by atoms with Crippen molar-refractivity contribution < 1.29 is 0 Å². The lowest BCUT2D eigenvalue weighted by molar-refractivity contribution is 0.539. The number of hydrogen-bond donors (Lipinski definition) is 0. The van der Waals surface area contributed by atoms with Gasteiger partial charge in [0.05, 0.1) is 0 Å². The summed E-state index contributed by atoms with van der Waals surface area (Å²) in [6.07, 6.45) is 17.0. The van der Waals surface area contributed by atoms with Crippen LogP contribution in [0.25, 0.3) is 0 Å². The number of allylic oxidation sites excluding steroid dienone is 8. The maximum atomic E-state index is 2.52. The molecule has 0 fully saturated rings. The number of halogens is 1. The van der Waals surface area contributed by atoms with Gasteiger partial charge >= 0.3 is 0 Å². The number of hydrogen-bond acceptors (Lipinski definition) is 0. The molecule has 3 aliphatic carbocycles. The fraction of sp³-hybridized carbons (Fsp3) is 0.429. The second kappa shape index (κ2) is 3.93. The fourth-order valence-electron chi connectivity index (χ4n) is 2.96. The second-order valence-corrected chi connectivity index (χ2v) is 5.85. The van der Waals surface area contributed by atoms with Gasteiger partial charge in [0.1, 0.15) is 0 Å². The van der Waals surface area contributed by atoms with Gasteiger partial charge in [-0.2, -0.15) is 0 Å². The molecule has 0 aromatic rings. The molecule has 0 nitrogen and oxygen atoms in total. The Bertz CT molecular complexity index is 396. The number of rotatable bonds is 0. The van der Waals surface area contributed by atoms with Crippen molar-refractivity contribution in [3.8, 4) is 0 Å². The maximum absolute atomic E-state index is 2.52. The lowest BCUT2D eigenvalue weighted by Crippen LogP contribution is -2.21. The molecule has 0 saturated carbocycles. The topological polar surface area (TPSA) is 0 Å². The summed E-state index contributed by atoms with van der Waals surface area (Å²) in [6.45, 7) is 0. The highest BCUT2D eigenvalue weighted by Crippen LogP contribution is 2.45. The van der Waals surface area contributed by atoms with Crippen LogP contribution in [0.5, 0.6) is 0 Å². The van der Waals surface area contributed by atoms with E-state index >= 15 is 0 Å². The van der Waals surface area contributed by atoms with E-state index in [0.717, 1.165) is 0 Å². The average molecular weight is 310 g/mol. The van der Waals surface area contributed by atoms with E-state index in [2.05, 4.69) is 53.0 Å². The van der Waals surface area contributed by atoms with E-state index in [1.807, 2.05) is 0 Å². The second-order valence-electron chi connectivity index (χ2n) is 4.61. The van der Waals surface area contributed by atoms with Crippen LogP contribution in [0.2, 0.25) is 0 Å². The van der Waals surface area contributed by atoms with Crippen LogP contribution in [0.15, 0.2) is 45.1 Å². The molecular weight excluding hydrogens is 295 g/mol. The van der Waals surface area contributed by atoms with Gasteiger partial charge in [0.15, 0.2) is 0 Å². The van der Waals surface area contributed by atoms with E-state index in [-0.39, 0.29) is 0 Å². The summed E-state index contributed by atoms with van der Waals surface area (Å²) in [4.78, 5) is 0. The standard InChI is InChI=1S/C14H15I/c15-14-9-10-5-1-2-6-11(10)12-7-3-4-8-13(12)14/h3-4,7-9,12-13H,1-2,5-6H2. The van der Waals surface area contributed by atoms with Gasteiger partial charge < -0.3 is 0 Å². The highest BCUT2D eigenvalue weighted by atomic mass is 127.